The van der Waals surface area contributed by atoms with Crippen LogP contribution in [0.1, 0.15) is 19.4 Å². The summed E-state index contributed by atoms with van der Waals surface area (Å²) in [7, 11) is 0. The molecule has 0 aromatic heterocycles. The van der Waals surface area contributed by atoms with Gasteiger partial charge in [0.05, 0.1) is 0 Å². The fraction of sp³-hybridized carbons (Fsp3) is 0.333. The second kappa shape index (κ2) is 9.20. The van der Waals surface area contributed by atoms with Gasteiger partial charge in [-0.1, -0.05) is 79.0 Å². The van der Waals surface area contributed by atoms with Crippen LogP contribution in [0.15, 0.2) is 35.4 Å². The van der Waals surface area contributed by atoms with Gasteiger partial charge < -0.3 is 0 Å². The molecule has 0 aliphatic rings. The number of nitrogens with zero attached hydrogens (tertiary/aromatic N) is 1. The first kappa shape index (κ1) is 17.2. The number of rotatable bonds is 3. The predicted octanol–water partition coefficient (Wildman–Crippen LogP) is 3.73. The standard InChI is InChI=1S/C10H9Cl3N2O.C2H6/c11-10(12,13)9(16)15-14-7-6-8-4-2-1-3-5-8;1-2/h1-5,7H,6H2,(H,15,16);1-2H3/b14-7-;. The van der Waals surface area contributed by atoms with Gasteiger partial charge in [0, 0.05) is 12.6 Å². The zero-order chi connectivity index (χ0) is 14.0. The van der Waals surface area contributed by atoms with Crippen LogP contribution in [0.4, 0.5) is 0 Å². The Balaban J connectivity index is 0.00000137. The first-order valence-electron chi connectivity index (χ1n) is 5.43. The van der Waals surface area contributed by atoms with Crippen LogP contribution in [0.2, 0.25) is 0 Å². The number of nitrogens with one attached hydrogen (secondary N) is 1. The molecule has 1 amide bonds. The Morgan fingerprint density at radius 3 is 2.33 bits per heavy atom. The van der Waals surface area contributed by atoms with Gasteiger partial charge in [-0.2, -0.15) is 5.10 Å². The molecule has 0 aliphatic carbocycles. The van der Waals surface area contributed by atoms with E-state index in [1.54, 1.807) is 0 Å². The van der Waals surface area contributed by atoms with Gasteiger partial charge in [-0.25, -0.2) is 5.43 Å². The van der Waals surface area contributed by atoms with Crippen molar-refractivity contribution >= 4 is 46.9 Å². The lowest BCUT2D eigenvalue weighted by Crippen LogP contribution is -2.30. The number of hydrogen-bond acceptors (Lipinski definition) is 2. The van der Waals surface area contributed by atoms with E-state index < -0.39 is 9.70 Å². The van der Waals surface area contributed by atoms with Crippen molar-refractivity contribution in [3.63, 3.8) is 0 Å². The summed E-state index contributed by atoms with van der Waals surface area (Å²) in [5.41, 5.74) is 3.21. The average molecular weight is 310 g/mol. The number of hydrazone groups is 1. The number of carbonyl (C=O) groups is 1. The lowest BCUT2D eigenvalue weighted by atomic mass is 10.2. The van der Waals surface area contributed by atoms with Crippen molar-refractivity contribution in [3.05, 3.63) is 35.9 Å². The fourth-order valence-corrected chi connectivity index (χ4v) is 1.06. The highest BCUT2D eigenvalue weighted by Crippen LogP contribution is 2.25. The predicted molar refractivity (Wildman–Crippen MR) is 78.4 cm³/mol. The third kappa shape index (κ3) is 7.54. The van der Waals surface area contributed by atoms with Gasteiger partial charge in [-0.05, 0) is 5.56 Å². The minimum Gasteiger partial charge on any atom is -0.268 e. The molecule has 0 spiro atoms. The average Bonchev–Trinajstić information content (AvgIpc) is 2.37. The van der Waals surface area contributed by atoms with Crippen molar-refractivity contribution in [2.75, 3.05) is 0 Å². The molecule has 1 aromatic rings. The third-order valence-electron chi connectivity index (χ3n) is 1.68. The highest BCUT2D eigenvalue weighted by atomic mass is 35.6. The number of carbonyl (C=O) groups excluding carboxylic acids is 1. The van der Waals surface area contributed by atoms with Crippen LogP contribution in [0.5, 0.6) is 0 Å². The molecule has 0 saturated heterocycles. The van der Waals surface area contributed by atoms with Crippen LogP contribution in [-0.4, -0.2) is 15.9 Å². The van der Waals surface area contributed by atoms with Crippen LogP contribution in [0, 0.1) is 0 Å². The molecule has 18 heavy (non-hydrogen) atoms. The molecule has 1 rings (SSSR count). The Kier molecular flexibility index (Phi) is 8.81. The van der Waals surface area contributed by atoms with Crippen molar-refractivity contribution in [3.8, 4) is 0 Å². The fourth-order valence-electron chi connectivity index (χ4n) is 0.933. The summed E-state index contributed by atoms with van der Waals surface area (Å²) in [6.07, 6.45) is 2.13. The lowest BCUT2D eigenvalue weighted by molar-refractivity contribution is -0.120. The van der Waals surface area contributed by atoms with E-state index in [0.29, 0.717) is 6.42 Å². The van der Waals surface area contributed by atoms with Crippen molar-refractivity contribution < 1.29 is 4.79 Å². The van der Waals surface area contributed by atoms with E-state index in [1.165, 1.54) is 6.21 Å². The summed E-state index contributed by atoms with van der Waals surface area (Å²) in [5, 5.41) is 3.66. The normalized spacial score (nSPS) is 10.7. The van der Waals surface area contributed by atoms with Crippen molar-refractivity contribution in [2.45, 2.75) is 24.1 Å². The van der Waals surface area contributed by atoms with Gasteiger partial charge in [-0.3, -0.25) is 4.79 Å². The van der Waals surface area contributed by atoms with Gasteiger partial charge in [0.15, 0.2) is 0 Å². The monoisotopic (exact) mass is 308 g/mol. The number of benzene rings is 1. The van der Waals surface area contributed by atoms with E-state index in [-0.39, 0.29) is 0 Å². The third-order valence-corrected chi connectivity index (χ3v) is 2.20. The maximum Gasteiger partial charge on any atom is 0.292 e. The Bertz CT molecular complexity index is 375. The molecule has 0 atom stereocenters. The molecule has 1 N–H and O–H groups in total. The second-order valence-electron chi connectivity index (χ2n) is 2.94. The van der Waals surface area contributed by atoms with E-state index in [2.05, 4.69) is 10.5 Å². The number of hydrogen-bond donors (Lipinski definition) is 1. The maximum absolute atomic E-state index is 11.1. The largest absolute Gasteiger partial charge is 0.292 e. The van der Waals surface area contributed by atoms with Crippen LogP contribution >= 0.6 is 34.8 Å². The number of halogens is 3. The first-order chi connectivity index (χ1) is 8.50. The van der Waals surface area contributed by atoms with Gasteiger partial charge in [-0.15, -0.1) is 0 Å². The van der Waals surface area contributed by atoms with Crippen LogP contribution in [0.3, 0.4) is 0 Å². The minimum absolute atomic E-state index is 0.598. The van der Waals surface area contributed by atoms with Crippen molar-refractivity contribution in [1.29, 1.82) is 0 Å². The molecule has 0 unspecified atom stereocenters. The number of amides is 1. The lowest BCUT2D eigenvalue weighted by Gasteiger charge is -2.06. The SMILES string of the molecule is CC.O=C(N/N=C\Cc1ccccc1)C(Cl)(Cl)Cl. The van der Waals surface area contributed by atoms with Gasteiger partial charge in [0.25, 0.3) is 9.70 Å². The summed E-state index contributed by atoms with van der Waals surface area (Å²) < 4.78 is -1.98. The summed E-state index contributed by atoms with van der Waals surface area (Å²) in [6.45, 7) is 4.00. The number of alkyl halides is 3. The molecule has 0 bridgehead atoms. The molecule has 0 aliphatic heterocycles. The van der Waals surface area contributed by atoms with Crippen LogP contribution < -0.4 is 5.43 Å². The van der Waals surface area contributed by atoms with Gasteiger partial charge in [0.1, 0.15) is 0 Å². The second-order valence-corrected chi connectivity index (χ2v) is 5.22. The first-order valence-corrected chi connectivity index (χ1v) is 6.56. The molecule has 1 aromatic carbocycles. The summed E-state index contributed by atoms with van der Waals surface area (Å²) in [6, 6.07) is 9.66. The van der Waals surface area contributed by atoms with E-state index in [0.717, 1.165) is 5.56 Å². The molecule has 100 valence electrons. The minimum atomic E-state index is -1.98. The molecule has 0 radical (unpaired) electrons. The molecule has 0 fully saturated rings. The highest BCUT2D eigenvalue weighted by Gasteiger charge is 2.30. The molecule has 0 heterocycles. The molecule has 0 saturated carbocycles. The molecular weight excluding hydrogens is 295 g/mol. The molecular formula is C12H15Cl3N2O. The summed E-state index contributed by atoms with van der Waals surface area (Å²) in [5.74, 6) is -0.776. The summed E-state index contributed by atoms with van der Waals surface area (Å²) in [4.78, 5) is 11.1. The maximum atomic E-state index is 11.1. The van der Waals surface area contributed by atoms with Gasteiger partial charge >= 0.3 is 0 Å². The zero-order valence-corrected chi connectivity index (χ0v) is 12.4. The highest BCUT2D eigenvalue weighted by molar-refractivity contribution is 6.76. The Labute approximate surface area is 122 Å². The Morgan fingerprint density at radius 1 is 1.28 bits per heavy atom. The van der Waals surface area contributed by atoms with E-state index in [9.17, 15) is 4.79 Å². The molecule has 6 heteroatoms. The van der Waals surface area contributed by atoms with Crippen molar-refractivity contribution in [2.24, 2.45) is 5.10 Å². The quantitative estimate of drug-likeness (QED) is 0.516. The van der Waals surface area contributed by atoms with Crippen LogP contribution in [0.25, 0.3) is 0 Å². The Morgan fingerprint density at radius 2 is 1.83 bits per heavy atom. The van der Waals surface area contributed by atoms with Gasteiger partial charge in [0.2, 0.25) is 0 Å². The van der Waals surface area contributed by atoms with E-state index in [1.807, 2.05) is 44.2 Å². The molecule has 3 nitrogen and oxygen atoms in total. The van der Waals surface area contributed by atoms with Crippen molar-refractivity contribution in [1.82, 2.24) is 5.43 Å². The van der Waals surface area contributed by atoms with E-state index in [4.69, 9.17) is 34.8 Å². The van der Waals surface area contributed by atoms with Crippen LogP contribution in [-0.2, 0) is 11.2 Å². The zero-order valence-electron chi connectivity index (χ0n) is 10.2. The topological polar surface area (TPSA) is 41.5 Å². The summed E-state index contributed by atoms with van der Waals surface area (Å²) >= 11 is 16.0. The smallest absolute Gasteiger partial charge is 0.268 e. The Hall–Kier alpha value is -0.770. The van der Waals surface area contributed by atoms with E-state index >= 15 is 0 Å².